The van der Waals surface area contributed by atoms with Crippen molar-refractivity contribution >= 4 is 68.2 Å². The summed E-state index contributed by atoms with van der Waals surface area (Å²) in [5.41, 5.74) is 51.1. The predicted molar refractivity (Wildman–Crippen MR) is 552 cm³/mol. The molecule has 1 aliphatic rings. The standard InChI is InChI=1S/C123H138N4/c1-75-33-59-109-107(61-75)108-62-76(2)34-60-110(108)123(109,93-43-55-103(56-44-93)124(111-77(3)63-95(64-78(111)4)117(15,16)17)101-47-35-89(36-48-101)91-39-51-105(52-40-91)126(113-81(7)67-97(68-82(113)8)119(21,22)23)114-83(9)69-98(70-84(114)10)120(24,25)26)94-45-57-104(58-46-94)125(112-79(5)65-96(66-80(112)6)118(18,19)20)102-49-37-90(38-50-102)92-41-53-106(54-42-92)127(115-85(11)71-99(72-86(115)12)121(27,28)29)116-87(13)73-100(74-88(116)14)122(30,31)32/h33-74H,1-32H3. The summed E-state index contributed by atoms with van der Waals surface area (Å²) >= 11 is 0. The van der Waals surface area contributed by atoms with E-state index in [-0.39, 0.29) is 32.5 Å². The number of aryl methyl sites for hydroxylation is 14. The largest absolute Gasteiger partial charge is 0.310 e. The first-order valence-corrected chi connectivity index (χ1v) is 46.3. The molecule has 4 nitrogen and oxygen atoms in total. The first-order chi connectivity index (χ1) is 59.5. The fraction of sp³-hybridized carbons (Fsp3) is 0.317. The van der Waals surface area contributed by atoms with Crippen molar-refractivity contribution in [3.63, 3.8) is 0 Å². The molecule has 0 radical (unpaired) electrons. The molecule has 0 aromatic heterocycles. The molecule has 0 atom stereocenters. The van der Waals surface area contributed by atoms with Gasteiger partial charge in [-0.05, 0) is 358 Å². The molecule has 0 saturated carbocycles. The normalized spacial score (nSPS) is 12.9. The smallest absolute Gasteiger partial charge is 0.0713 e. The molecular weight excluding hydrogens is 1530 g/mol. The summed E-state index contributed by atoms with van der Waals surface area (Å²) in [4.78, 5) is 10.1. The lowest BCUT2D eigenvalue weighted by Gasteiger charge is -2.36. The highest BCUT2D eigenvalue weighted by atomic mass is 15.2. The van der Waals surface area contributed by atoms with Crippen molar-refractivity contribution in [3.05, 3.63) is 388 Å². The van der Waals surface area contributed by atoms with Gasteiger partial charge in [0.15, 0.2) is 0 Å². The van der Waals surface area contributed by atoms with E-state index in [1.807, 2.05) is 0 Å². The summed E-state index contributed by atoms with van der Waals surface area (Å²) in [5.74, 6) is 0. The van der Waals surface area contributed by atoms with Gasteiger partial charge in [-0.15, -0.1) is 0 Å². The van der Waals surface area contributed by atoms with Crippen molar-refractivity contribution < 1.29 is 0 Å². The lowest BCUT2D eigenvalue weighted by molar-refractivity contribution is 0.588. The highest BCUT2D eigenvalue weighted by molar-refractivity contribution is 5.92. The van der Waals surface area contributed by atoms with E-state index in [1.54, 1.807) is 0 Å². The van der Waals surface area contributed by atoms with Gasteiger partial charge in [0.05, 0.1) is 39.5 Å². The van der Waals surface area contributed by atoms with Crippen LogP contribution in [0.15, 0.2) is 255 Å². The van der Waals surface area contributed by atoms with E-state index in [1.165, 1.54) is 179 Å². The number of benzene rings is 14. The van der Waals surface area contributed by atoms with Crippen molar-refractivity contribution in [2.45, 2.75) is 259 Å². The van der Waals surface area contributed by atoms with Crippen LogP contribution in [0.5, 0.6) is 0 Å². The Morgan fingerprint density at radius 1 is 0.173 bits per heavy atom. The van der Waals surface area contributed by atoms with Gasteiger partial charge in [0.25, 0.3) is 0 Å². The van der Waals surface area contributed by atoms with Gasteiger partial charge in [0.2, 0.25) is 0 Å². The van der Waals surface area contributed by atoms with Crippen molar-refractivity contribution in [1.29, 1.82) is 0 Å². The monoisotopic (exact) mass is 1670 g/mol. The highest BCUT2D eigenvalue weighted by Crippen LogP contribution is 2.59. The Labute approximate surface area is 763 Å². The zero-order valence-electron chi connectivity index (χ0n) is 82.5. The molecule has 0 saturated heterocycles. The molecule has 0 bridgehead atoms. The van der Waals surface area contributed by atoms with Crippen LogP contribution < -0.4 is 19.6 Å². The van der Waals surface area contributed by atoms with E-state index in [4.69, 9.17) is 0 Å². The minimum Gasteiger partial charge on any atom is -0.310 e. The van der Waals surface area contributed by atoms with E-state index < -0.39 is 5.41 Å². The summed E-state index contributed by atoms with van der Waals surface area (Å²) in [6, 6.07) is 99.8. The van der Waals surface area contributed by atoms with Gasteiger partial charge in [-0.25, -0.2) is 0 Å². The molecule has 1 aliphatic carbocycles. The topological polar surface area (TPSA) is 13.0 Å². The fourth-order valence-corrected chi connectivity index (χ4v) is 20.3. The predicted octanol–water partition coefficient (Wildman–Crippen LogP) is 35.4. The Bertz CT molecular complexity index is 5860. The second-order valence-electron chi connectivity index (χ2n) is 43.7. The Morgan fingerprint density at radius 2 is 0.331 bits per heavy atom. The van der Waals surface area contributed by atoms with Crippen LogP contribution in [0.3, 0.4) is 0 Å². The summed E-state index contributed by atoms with van der Waals surface area (Å²) in [6.07, 6.45) is 0. The van der Waals surface area contributed by atoms with E-state index in [9.17, 15) is 0 Å². The maximum atomic E-state index is 2.53. The lowest BCUT2D eigenvalue weighted by atomic mass is 9.67. The van der Waals surface area contributed by atoms with Crippen molar-refractivity contribution in [1.82, 2.24) is 0 Å². The highest BCUT2D eigenvalue weighted by Gasteiger charge is 2.47. The second kappa shape index (κ2) is 33.2. The Hall–Kier alpha value is -11.7. The molecule has 15 rings (SSSR count). The molecule has 14 aromatic rings. The summed E-state index contributed by atoms with van der Waals surface area (Å²) in [7, 11) is 0. The molecule has 0 aliphatic heterocycles. The summed E-state index contributed by atoms with van der Waals surface area (Å²) < 4.78 is 0. The van der Waals surface area contributed by atoms with Crippen molar-refractivity contribution in [2.75, 3.05) is 19.6 Å². The van der Waals surface area contributed by atoms with E-state index in [2.05, 4.69) is 496 Å². The molecule has 0 N–H and O–H groups in total. The maximum Gasteiger partial charge on any atom is 0.0713 e. The molecular formula is C123H138N4. The van der Waals surface area contributed by atoms with E-state index >= 15 is 0 Å². The number of fused-ring (bicyclic) bond motifs is 3. The van der Waals surface area contributed by atoms with Gasteiger partial charge in [0, 0.05) is 34.1 Å². The van der Waals surface area contributed by atoms with Crippen LogP contribution in [0.25, 0.3) is 33.4 Å². The van der Waals surface area contributed by atoms with Gasteiger partial charge in [-0.2, -0.15) is 0 Å². The SMILES string of the molecule is Cc1ccc2c(c1)-c1cc(C)ccc1C2(c1ccc(N(c2ccc(-c3ccc(N(c4c(C)cc(C(C)(C)C)cc4C)c4c(C)cc(C(C)(C)C)cc4C)cc3)cc2)c2c(C)cc(C(C)(C)C)cc2C)cc1)c1ccc(N(c2ccc(-c3ccc(N(c4c(C)cc(C(C)(C)C)cc4C)c4c(C)cc(C(C)(C)C)cc4C)cc3)cc2)c2c(C)cc(C(C)(C)C)cc2C)cc1. The number of rotatable bonds is 16. The molecule has 0 spiro atoms. The van der Waals surface area contributed by atoms with Gasteiger partial charge in [-0.1, -0.05) is 318 Å². The molecule has 0 amide bonds. The third-order valence-electron chi connectivity index (χ3n) is 27.2. The van der Waals surface area contributed by atoms with Gasteiger partial charge in [-0.3, -0.25) is 0 Å². The van der Waals surface area contributed by atoms with Crippen LogP contribution >= 0.6 is 0 Å². The summed E-state index contributed by atoms with van der Waals surface area (Å²) in [6.45, 7) is 73.7. The summed E-state index contributed by atoms with van der Waals surface area (Å²) in [5, 5.41) is 0. The Kier molecular flexibility index (Phi) is 23.5. The molecule has 0 unspecified atom stereocenters. The first-order valence-electron chi connectivity index (χ1n) is 46.3. The number of nitrogens with zero attached hydrogens (tertiary/aromatic N) is 4. The lowest BCUT2D eigenvalue weighted by Crippen LogP contribution is -2.29. The molecule has 650 valence electrons. The Morgan fingerprint density at radius 3 is 0.504 bits per heavy atom. The van der Waals surface area contributed by atoms with Crippen LogP contribution in [-0.4, -0.2) is 0 Å². The first kappa shape index (κ1) is 90.1. The molecule has 14 aromatic carbocycles. The van der Waals surface area contributed by atoms with Crippen LogP contribution in [-0.2, 0) is 37.9 Å². The van der Waals surface area contributed by atoms with Crippen molar-refractivity contribution in [3.8, 4) is 33.4 Å². The zero-order valence-corrected chi connectivity index (χ0v) is 82.5. The minimum atomic E-state index is -0.687. The second-order valence-corrected chi connectivity index (χ2v) is 43.7. The van der Waals surface area contributed by atoms with E-state index in [0.717, 1.165) is 56.4 Å². The third-order valence-corrected chi connectivity index (χ3v) is 27.2. The Balaban J connectivity index is 0.821. The molecule has 0 heterocycles. The molecule has 4 heteroatoms. The average Bonchev–Trinajstić information content (AvgIpc) is 1.54. The molecule has 127 heavy (non-hydrogen) atoms. The van der Waals surface area contributed by atoms with E-state index in [0.29, 0.717) is 0 Å². The fourth-order valence-electron chi connectivity index (χ4n) is 20.3. The van der Waals surface area contributed by atoms with Gasteiger partial charge < -0.3 is 19.6 Å². The number of anilines is 12. The van der Waals surface area contributed by atoms with Gasteiger partial charge in [0.1, 0.15) is 0 Å². The van der Waals surface area contributed by atoms with Crippen LogP contribution in [0.1, 0.15) is 258 Å². The quantitative estimate of drug-likeness (QED) is 0.0956. The zero-order chi connectivity index (χ0) is 91.8. The number of hydrogen-bond acceptors (Lipinski definition) is 4. The average molecular weight is 1670 g/mol. The van der Waals surface area contributed by atoms with Crippen LogP contribution in [0, 0.1) is 96.9 Å². The maximum absolute atomic E-state index is 2.53. The van der Waals surface area contributed by atoms with Crippen LogP contribution in [0.2, 0.25) is 0 Å². The van der Waals surface area contributed by atoms with Crippen LogP contribution in [0.4, 0.5) is 68.2 Å². The third kappa shape index (κ3) is 17.1. The minimum absolute atomic E-state index is 0.0205. The number of hydrogen-bond donors (Lipinski definition) is 0. The van der Waals surface area contributed by atoms with Gasteiger partial charge >= 0.3 is 0 Å². The molecule has 0 fully saturated rings. The van der Waals surface area contributed by atoms with Crippen molar-refractivity contribution in [2.24, 2.45) is 0 Å².